The van der Waals surface area contributed by atoms with Crippen molar-refractivity contribution in [3.8, 4) is 5.75 Å². The highest BCUT2D eigenvalue weighted by Crippen LogP contribution is 2.34. The minimum atomic E-state index is -0.189. The second kappa shape index (κ2) is 7.28. The molecule has 0 unspecified atom stereocenters. The molecule has 0 fully saturated rings. The summed E-state index contributed by atoms with van der Waals surface area (Å²) in [5.41, 5.74) is 5.04. The summed E-state index contributed by atoms with van der Waals surface area (Å²) in [6.07, 6.45) is 0.782. The molecule has 29 heavy (non-hydrogen) atoms. The lowest BCUT2D eigenvalue weighted by Crippen LogP contribution is -2.33. The number of aryl methyl sites for hydroxylation is 1. The van der Waals surface area contributed by atoms with E-state index in [1.165, 1.54) is 0 Å². The molecule has 2 aromatic carbocycles. The van der Waals surface area contributed by atoms with Gasteiger partial charge < -0.3 is 19.9 Å². The third-order valence-electron chi connectivity index (χ3n) is 5.46. The van der Waals surface area contributed by atoms with E-state index in [1.807, 2.05) is 57.2 Å². The molecule has 1 atom stereocenters. The van der Waals surface area contributed by atoms with Crippen LogP contribution < -0.4 is 15.0 Å². The summed E-state index contributed by atoms with van der Waals surface area (Å²) < 4.78 is 5.57. The molecule has 0 aliphatic carbocycles. The van der Waals surface area contributed by atoms with Crippen molar-refractivity contribution < 1.29 is 14.3 Å². The summed E-state index contributed by atoms with van der Waals surface area (Å²) in [6.45, 7) is 8.08. The number of nitrogens with one attached hydrogen (secondary N) is 2. The SMILES string of the molecule is CCOc1ccc2[nH]c(C(=O)Nc3ccc4c(c3)C[C@H](C)N4C(C)=O)c(C)c2c1. The van der Waals surface area contributed by atoms with E-state index < -0.39 is 0 Å². The molecule has 0 radical (unpaired) electrons. The summed E-state index contributed by atoms with van der Waals surface area (Å²) in [6, 6.07) is 11.6. The van der Waals surface area contributed by atoms with Gasteiger partial charge in [-0.2, -0.15) is 0 Å². The van der Waals surface area contributed by atoms with E-state index >= 15 is 0 Å². The Morgan fingerprint density at radius 2 is 2.03 bits per heavy atom. The summed E-state index contributed by atoms with van der Waals surface area (Å²) >= 11 is 0. The fourth-order valence-corrected chi connectivity index (χ4v) is 4.17. The number of H-pyrrole nitrogens is 1. The summed E-state index contributed by atoms with van der Waals surface area (Å²) in [5.74, 6) is 0.635. The Morgan fingerprint density at radius 3 is 2.76 bits per heavy atom. The van der Waals surface area contributed by atoms with Crippen molar-refractivity contribution in [3.63, 3.8) is 0 Å². The number of ether oxygens (including phenoxy) is 1. The summed E-state index contributed by atoms with van der Waals surface area (Å²) in [4.78, 5) is 29.8. The fourth-order valence-electron chi connectivity index (χ4n) is 4.17. The van der Waals surface area contributed by atoms with Crippen molar-refractivity contribution in [2.75, 3.05) is 16.8 Å². The molecule has 2 N–H and O–H groups in total. The van der Waals surface area contributed by atoms with Gasteiger partial charge in [0.1, 0.15) is 11.4 Å². The zero-order valence-electron chi connectivity index (χ0n) is 17.1. The highest BCUT2D eigenvalue weighted by atomic mass is 16.5. The molecule has 0 bridgehead atoms. The van der Waals surface area contributed by atoms with Gasteiger partial charge >= 0.3 is 0 Å². The molecule has 0 spiro atoms. The first-order chi connectivity index (χ1) is 13.9. The van der Waals surface area contributed by atoms with Gasteiger partial charge in [0.05, 0.1) is 6.61 Å². The normalized spacial score (nSPS) is 15.4. The van der Waals surface area contributed by atoms with Crippen LogP contribution in [0.2, 0.25) is 0 Å². The molecular formula is C23H25N3O3. The van der Waals surface area contributed by atoms with Gasteiger partial charge in [-0.15, -0.1) is 0 Å². The molecule has 1 aliphatic rings. The number of carbonyl (C=O) groups excluding carboxylic acids is 2. The second-order valence-corrected chi connectivity index (χ2v) is 7.51. The van der Waals surface area contributed by atoms with Gasteiger partial charge in [0.2, 0.25) is 5.91 Å². The van der Waals surface area contributed by atoms with Crippen LogP contribution >= 0.6 is 0 Å². The summed E-state index contributed by atoms with van der Waals surface area (Å²) in [7, 11) is 0. The molecule has 2 amide bonds. The van der Waals surface area contributed by atoms with Crippen molar-refractivity contribution >= 4 is 34.1 Å². The number of amides is 2. The lowest BCUT2D eigenvalue weighted by Gasteiger charge is -2.20. The van der Waals surface area contributed by atoms with E-state index in [2.05, 4.69) is 10.3 Å². The van der Waals surface area contributed by atoms with E-state index in [0.717, 1.165) is 45.6 Å². The highest BCUT2D eigenvalue weighted by Gasteiger charge is 2.29. The molecule has 6 nitrogen and oxygen atoms in total. The first kappa shape index (κ1) is 19.1. The van der Waals surface area contributed by atoms with E-state index in [0.29, 0.717) is 12.3 Å². The maximum atomic E-state index is 12.9. The molecule has 1 aromatic heterocycles. The van der Waals surface area contributed by atoms with Crippen molar-refractivity contribution in [1.82, 2.24) is 4.98 Å². The van der Waals surface area contributed by atoms with E-state index in [4.69, 9.17) is 4.74 Å². The molecule has 3 aromatic rings. The van der Waals surface area contributed by atoms with Crippen molar-refractivity contribution in [1.29, 1.82) is 0 Å². The van der Waals surface area contributed by atoms with Crippen molar-refractivity contribution in [2.24, 2.45) is 0 Å². The van der Waals surface area contributed by atoms with Gasteiger partial charge in [-0.3, -0.25) is 9.59 Å². The van der Waals surface area contributed by atoms with Crippen LogP contribution in [-0.2, 0) is 11.2 Å². The number of carbonyl (C=O) groups is 2. The molecule has 4 rings (SSSR count). The molecule has 2 heterocycles. The van der Waals surface area contributed by atoms with E-state index in [-0.39, 0.29) is 17.9 Å². The number of benzene rings is 2. The van der Waals surface area contributed by atoms with Crippen LogP contribution in [0.4, 0.5) is 11.4 Å². The van der Waals surface area contributed by atoms with Gasteiger partial charge in [0.15, 0.2) is 0 Å². The largest absolute Gasteiger partial charge is 0.494 e. The van der Waals surface area contributed by atoms with E-state index in [1.54, 1.807) is 11.8 Å². The van der Waals surface area contributed by atoms with Gasteiger partial charge in [0, 0.05) is 35.2 Å². The monoisotopic (exact) mass is 391 g/mol. The highest BCUT2D eigenvalue weighted by molar-refractivity contribution is 6.08. The van der Waals surface area contributed by atoms with Gasteiger partial charge in [-0.05, 0) is 74.7 Å². The topological polar surface area (TPSA) is 74.4 Å². The predicted molar refractivity (Wildman–Crippen MR) is 115 cm³/mol. The van der Waals surface area contributed by atoms with Gasteiger partial charge in [0.25, 0.3) is 5.91 Å². The Kier molecular flexibility index (Phi) is 4.78. The number of fused-ring (bicyclic) bond motifs is 2. The minimum Gasteiger partial charge on any atom is -0.494 e. The third kappa shape index (κ3) is 3.35. The fraction of sp³-hybridized carbons (Fsp3) is 0.304. The zero-order valence-corrected chi connectivity index (χ0v) is 17.1. The van der Waals surface area contributed by atoms with Crippen LogP contribution in [-0.4, -0.2) is 29.4 Å². The standard InChI is InChI=1S/C23H25N3O3/c1-5-29-18-7-8-20-19(12-18)14(3)22(25-20)23(28)24-17-6-9-21-16(11-17)10-13(2)26(21)15(4)27/h6-9,11-13,25H,5,10H2,1-4H3,(H,24,28)/t13-/m0/s1. The van der Waals surface area contributed by atoms with Crippen LogP contribution in [0, 0.1) is 6.92 Å². The van der Waals surface area contributed by atoms with Crippen LogP contribution in [0.1, 0.15) is 42.4 Å². The Hall–Kier alpha value is -3.28. The van der Waals surface area contributed by atoms with Crippen LogP contribution in [0.15, 0.2) is 36.4 Å². The first-order valence-corrected chi connectivity index (χ1v) is 9.88. The molecule has 6 heteroatoms. The molecule has 0 saturated carbocycles. The van der Waals surface area contributed by atoms with Crippen LogP contribution in [0.3, 0.4) is 0 Å². The lowest BCUT2D eigenvalue weighted by atomic mass is 10.1. The maximum Gasteiger partial charge on any atom is 0.272 e. The third-order valence-corrected chi connectivity index (χ3v) is 5.46. The van der Waals surface area contributed by atoms with Crippen molar-refractivity contribution in [2.45, 2.75) is 40.2 Å². The van der Waals surface area contributed by atoms with Gasteiger partial charge in [-0.25, -0.2) is 0 Å². The number of rotatable bonds is 4. The Bertz CT molecular complexity index is 1120. The smallest absolute Gasteiger partial charge is 0.272 e. The van der Waals surface area contributed by atoms with Crippen LogP contribution in [0.5, 0.6) is 5.75 Å². The number of nitrogens with zero attached hydrogens (tertiary/aromatic N) is 1. The average Bonchev–Trinajstić information content (AvgIpc) is 3.18. The number of aromatic nitrogens is 1. The number of anilines is 2. The first-order valence-electron chi connectivity index (χ1n) is 9.88. The molecule has 150 valence electrons. The minimum absolute atomic E-state index is 0.0353. The number of aromatic amines is 1. The molecule has 1 aliphatic heterocycles. The number of hydrogen-bond acceptors (Lipinski definition) is 3. The summed E-state index contributed by atoms with van der Waals surface area (Å²) in [5, 5.41) is 3.96. The maximum absolute atomic E-state index is 12.9. The Labute approximate surface area is 169 Å². The molecular weight excluding hydrogens is 366 g/mol. The van der Waals surface area contributed by atoms with Gasteiger partial charge in [-0.1, -0.05) is 0 Å². The zero-order chi connectivity index (χ0) is 20.7. The van der Waals surface area contributed by atoms with E-state index in [9.17, 15) is 9.59 Å². The van der Waals surface area contributed by atoms with Crippen LogP contribution in [0.25, 0.3) is 10.9 Å². The predicted octanol–water partition coefficient (Wildman–Crippen LogP) is 4.42. The Balaban J connectivity index is 1.60. The second-order valence-electron chi connectivity index (χ2n) is 7.51. The van der Waals surface area contributed by atoms with Crippen molar-refractivity contribution in [3.05, 3.63) is 53.2 Å². The Morgan fingerprint density at radius 1 is 1.24 bits per heavy atom. The number of hydrogen-bond donors (Lipinski definition) is 2. The molecule has 0 saturated heterocycles. The lowest BCUT2D eigenvalue weighted by molar-refractivity contribution is -0.116. The average molecular weight is 391 g/mol. The quantitative estimate of drug-likeness (QED) is 0.691.